The lowest BCUT2D eigenvalue weighted by Gasteiger charge is -2.32. The van der Waals surface area contributed by atoms with Crippen LogP contribution >= 0.6 is 27.5 Å². The van der Waals surface area contributed by atoms with Gasteiger partial charge in [-0.05, 0) is 51.5 Å². The van der Waals surface area contributed by atoms with E-state index in [-0.39, 0.29) is 6.42 Å². The highest BCUT2D eigenvalue weighted by Crippen LogP contribution is 2.43. The number of carboxylic acids is 1. The molecule has 22 heavy (non-hydrogen) atoms. The van der Waals surface area contributed by atoms with Crippen molar-refractivity contribution in [3.8, 4) is 0 Å². The first kappa shape index (κ1) is 17.8. The summed E-state index contributed by atoms with van der Waals surface area (Å²) in [6.45, 7) is 7.75. The Labute approximate surface area is 144 Å². The fourth-order valence-corrected chi connectivity index (χ4v) is 3.03. The van der Waals surface area contributed by atoms with Crippen LogP contribution in [-0.2, 0) is 14.1 Å². The molecule has 0 amide bonds. The monoisotopic (exact) mass is 388 g/mol. The quantitative estimate of drug-likeness (QED) is 0.781. The van der Waals surface area contributed by atoms with Crippen molar-refractivity contribution in [3.05, 3.63) is 33.3 Å². The van der Waals surface area contributed by atoms with Crippen molar-refractivity contribution in [1.29, 1.82) is 0 Å². The summed E-state index contributed by atoms with van der Waals surface area (Å²) in [4.78, 5) is 11.3. The zero-order valence-electron chi connectivity index (χ0n) is 13.0. The second kappa shape index (κ2) is 6.15. The Bertz CT molecular complexity index is 575. The van der Waals surface area contributed by atoms with E-state index in [9.17, 15) is 9.90 Å². The summed E-state index contributed by atoms with van der Waals surface area (Å²) in [5, 5.41) is 9.76. The third kappa shape index (κ3) is 3.50. The molecule has 0 aliphatic carbocycles. The lowest BCUT2D eigenvalue weighted by molar-refractivity contribution is -0.137. The molecule has 7 heteroatoms. The normalized spacial score (nSPS) is 20.9. The van der Waals surface area contributed by atoms with Gasteiger partial charge < -0.3 is 14.4 Å². The van der Waals surface area contributed by atoms with Gasteiger partial charge in [-0.25, -0.2) is 0 Å². The van der Waals surface area contributed by atoms with Crippen LogP contribution in [0.25, 0.3) is 0 Å². The Balaban J connectivity index is 2.40. The van der Waals surface area contributed by atoms with E-state index in [1.165, 1.54) is 0 Å². The summed E-state index contributed by atoms with van der Waals surface area (Å²) in [5.74, 6) is -1.40. The van der Waals surface area contributed by atoms with Crippen LogP contribution in [0.1, 0.15) is 45.5 Å². The molecule has 1 aromatic rings. The van der Waals surface area contributed by atoms with Gasteiger partial charge in [0.15, 0.2) is 0 Å². The predicted octanol–water partition coefficient (Wildman–Crippen LogP) is 4.29. The molecule has 0 spiro atoms. The van der Waals surface area contributed by atoms with Gasteiger partial charge in [0.1, 0.15) is 0 Å². The van der Waals surface area contributed by atoms with E-state index in [0.29, 0.717) is 10.6 Å². The molecule has 1 aliphatic rings. The minimum absolute atomic E-state index is 0.118. The zero-order valence-corrected chi connectivity index (χ0v) is 15.4. The lowest BCUT2D eigenvalue weighted by atomic mass is 9.66. The highest BCUT2D eigenvalue weighted by Gasteiger charge is 2.54. The molecular weight excluding hydrogens is 370 g/mol. The highest BCUT2D eigenvalue weighted by atomic mass is 79.9. The summed E-state index contributed by atoms with van der Waals surface area (Å²) in [6, 6.07) is 5.37. The van der Waals surface area contributed by atoms with Crippen LogP contribution < -0.4 is 0 Å². The molecule has 2 rings (SSSR count). The molecule has 0 aromatic heterocycles. The number of benzene rings is 1. The van der Waals surface area contributed by atoms with Gasteiger partial charge >= 0.3 is 13.1 Å². The Kier molecular flexibility index (Phi) is 4.98. The highest BCUT2D eigenvalue weighted by molar-refractivity contribution is 9.10. The fraction of sp³-hybridized carbons (Fsp3) is 0.533. The van der Waals surface area contributed by atoms with E-state index >= 15 is 0 Å². The average molecular weight is 389 g/mol. The summed E-state index contributed by atoms with van der Waals surface area (Å²) in [6.07, 6.45) is -0.118. The number of halogens is 2. The maximum atomic E-state index is 11.3. The third-order valence-electron chi connectivity index (χ3n) is 4.35. The van der Waals surface area contributed by atoms with E-state index in [0.717, 1.165) is 4.47 Å². The molecule has 1 aromatic carbocycles. The molecule has 1 aliphatic heterocycles. The van der Waals surface area contributed by atoms with Gasteiger partial charge in [-0.15, -0.1) is 0 Å². The average Bonchev–Trinajstić information content (AvgIpc) is 2.58. The molecule has 1 heterocycles. The number of rotatable bonds is 4. The maximum absolute atomic E-state index is 11.3. The molecule has 1 saturated heterocycles. The summed E-state index contributed by atoms with van der Waals surface area (Å²) in [7, 11) is -0.659. The van der Waals surface area contributed by atoms with Crippen LogP contribution in [0.4, 0.5) is 0 Å². The molecule has 120 valence electrons. The van der Waals surface area contributed by atoms with Crippen LogP contribution in [0.3, 0.4) is 0 Å². The van der Waals surface area contributed by atoms with Crippen LogP contribution in [0, 0.1) is 0 Å². The van der Waals surface area contributed by atoms with Gasteiger partial charge in [0.25, 0.3) is 0 Å². The van der Waals surface area contributed by atoms with Gasteiger partial charge in [-0.3, -0.25) is 4.79 Å². The summed E-state index contributed by atoms with van der Waals surface area (Å²) in [5.41, 5.74) is -0.336. The third-order valence-corrected chi connectivity index (χ3v) is 5.19. The largest absolute Gasteiger partial charge is 0.481 e. The van der Waals surface area contributed by atoms with Gasteiger partial charge in [0.2, 0.25) is 0 Å². The van der Waals surface area contributed by atoms with Crippen molar-refractivity contribution in [2.45, 2.75) is 51.1 Å². The Hall–Kier alpha value is -0.555. The van der Waals surface area contributed by atoms with E-state index in [1.54, 1.807) is 6.07 Å². The zero-order chi connectivity index (χ0) is 16.7. The molecule has 1 atom stereocenters. The molecular formula is C15H19BBrClO4. The first-order valence-corrected chi connectivity index (χ1v) is 8.23. The Morgan fingerprint density at radius 3 is 2.36 bits per heavy atom. The number of hydrogen-bond acceptors (Lipinski definition) is 3. The van der Waals surface area contributed by atoms with Crippen LogP contribution in [0.15, 0.2) is 22.7 Å². The van der Waals surface area contributed by atoms with Crippen molar-refractivity contribution < 1.29 is 19.2 Å². The maximum Gasteiger partial charge on any atom is 0.466 e. The fourth-order valence-electron chi connectivity index (χ4n) is 2.39. The van der Waals surface area contributed by atoms with Gasteiger partial charge in [0, 0.05) is 15.3 Å². The first-order valence-electron chi connectivity index (χ1n) is 7.06. The molecule has 4 nitrogen and oxygen atoms in total. The van der Waals surface area contributed by atoms with Crippen molar-refractivity contribution in [2.24, 2.45) is 0 Å². The van der Waals surface area contributed by atoms with Crippen molar-refractivity contribution >= 4 is 40.6 Å². The second-order valence-electron chi connectivity index (χ2n) is 6.49. The Morgan fingerprint density at radius 2 is 1.86 bits per heavy atom. The minimum atomic E-state index is -0.921. The van der Waals surface area contributed by atoms with E-state index in [2.05, 4.69) is 15.9 Å². The van der Waals surface area contributed by atoms with E-state index < -0.39 is 30.1 Å². The summed E-state index contributed by atoms with van der Waals surface area (Å²) < 4.78 is 12.9. The van der Waals surface area contributed by atoms with E-state index in [4.69, 9.17) is 20.9 Å². The molecule has 0 radical (unpaired) electrons. The summed E-state index contributed by atoms with van der Waals surface area (Å²) >= 11 is 9.67. The standard InChI is InChI=1S/C15H19BBrClO4/c1-14(2)15(3,4)22-16(21-14)11(8-13(19)20)10-7-9(17)5-6-12(10)18/h5-7,11H,8H2,1-4H3,(H,19,20). The predicted molar refractivity (Wildman–Crippen MR) is 90.2 cm³/mol. The molecule has 0 bridgehead atoms. The van der Waals surface area contributed by atoms with Crippen molar-refractivity contribution in [1.82, 2.24) is 0 Å². The minimum Gasteiger partial charge on any atom is -0.481 e. The number of aliphatic carboxylic acids is 1. The second-order valence-corrected chi connectivity index (χ2v) is 7.82. The van der Waals surface area contributed by atoms with Crippen LogP contribution in [-0.4, -0.2) is 29.4 Å². The van der Waals surface area contributed by atoms with Gasteiger partial charge in [-0.2, -0.15) is 0 Å². The van der Waals surface area contributed by atoms with Gasteiger partial charge in [0.05, 0.1) is 17.6 Å². The van der Waals surface area contributed by atoms with Crippen molar-refractivity contribution in [2.75, 3.05) is 0 Å². The van der Waals surface area contributed by atoms with Gasteiger partial charge in [-0.1, -0.05) is 27.5 Å². The Morgan fingerprint density at radius 1 is 1.32 bits per heavy atom. The van der Waals surface area contributed by atoms with E-state index in [1.807, 2.05) is 39.8 Å². The van der Waals surface area contributed by atoms with Crippen LogP contribution in [0.2, 0.25) is 5.02 Å². The first-order chi connectivity index (χ1) is 10.0. The molecule has 1 fully saturated rings. The number of carbonyl (C=O) groups is 1. The smallest absolute Gasteiger partial charge is 0.466 e. The molecule has 1 N–H and O–H groups in total. The molecule has 1 unspecified atom stereocenters. The topological polar surface area (TPSA) is 55.8 Å². The number of hydrogen-bond donors (Lipinski definition) is 1. The van der Waals surface area contributed by atoms with Crippen molar-refractivity contribution in [3.63, 3.8) is 0 Å². The SMILES string of the molecule is CC1(C)OB(C(CC(=O)O)c2cc(Br)ccc2Cl)OC1(C)C. The molecule has 0 saturated carbocycles. The number of carboxylic acid groups (broad SMARTS) is 1. The van der Waals surface area contributed by atoms with Crippen LogP contribution in [0.5, 0.6) is 0 Å². The lowest BCUT2D eigenvalue weighted by Crippen LogP contribution is -2.41.